The molecule has 0 aliphatic carbocycles. The standard InChI is InChI=1S/C25H23ClFN5O3/c1-34-14-23(33)28-9-3-6-18-12-21-24(31-18)25(30-15-29-21)32-19-7-8-22(20(26)11-19)35-13-16-4-2-5-17(27)10-16/h2-8,10-12,15,31H,9,13-14H2,1H3,(H,28,33)(H,29,30,32)/p+1/b6-3+. The number of methoxy groups -OCH3 is 1. The molecular weight excluding hydrogens is 473 g/mol. The first kappa shape index (κ1) is 24.3. The fraction of sp³-hybridized carbons (Fsp3) is 0.160. The van der Waals surface area contributed by atoms with Gasteiger partial charge in [0, 0.05) is 25.4 Å². The van der Waals surface area contributed by atoms with Crippen LogP contribution in [-0.2, 0) is 16.1 Å². The van der Waals surface area contributed by atoms with Crippen LogP contribution >= 0.6 is 11.6 Å². The van der Waals surface area contributed by atoms with Crippen LogP contribution in [0.5, 0.6) is 5.75 Å². The average molecular weight is 497 g/mol. The van der Waals surface area contributed by atoms with Gasteiger partial charge in [0.05, 0.1) is 5.02 Å². The first-order valence-corrected chi connectivity index (χ1v) is 11.2. The van der Waals surface area contributed by atoms with Crippen molar-refractivity contribution in [2.45, 2.75) is 6.61 Å². The molecule has 0 saturated heterocycles. The first-order valence-electron chi connectivity index (χ1n) is 10.8. The minimum Gasteiger partial charge on any atom is -0.487 e. The van der Waals surface area contributed by atoms with Crippen molar-refractivity contribution in [2.75, 3.05) is 25.6 Å². The second-order valence-corrected chi connectivity index (χ2v) is 8.05. The van der Waals surface area contributed by atoms with Crippen molar-refractivity contribution >= 4 is 40.8 Å². The van der Waals surface area contributed by atoms with Crippen molar-refractivity contribution in [3.05, 3.63) is 88.7 Å². The highest BCUT2D eigenvalue weighted by molar-refractivity contribution is 6.32. The summed E-state index contributed by atoms with van der Waals surface area (Å²) >= 11 is 6.41. The Hall–Kier alpha value is -3.79. The number of anilines is 2. The van der Waals surface area contributed by atoms with Gasteiger partial charge in [-0.15, -0.1) is 0 Å². The molecule has 2 aromatic carbocycles. The minimum absolute atomic E-state index is 0.0306. The Morgan fingerprint density at radius 2 is 2.11 bits per heavy atom. The number of hydrogen-bond donors (Lipinski definition) is 3. The summed E-state index contributed by atoms with van der Waals surface area (Å²) in [5.74, 6) is 0.638. The van der Waals surface area contributed by atoms with Crippen molar-refractivity contribution in [3.8, 4) is 5.75 Å². The summed E-state index contributed by atoms with van der Waals surface area (Å²) < 4.78 is 23.9. The molecule has 4 rings (SSSR count). The van der Waals surface area contributed by atoms with E-state index < -0.39 is 0 Å². The number of benzene rings is 2. The number of carbonyl (C=O) groups is 1. The Bertz CT molecular complexity index is 1280. The lowest BCUT2D eigenvalue weighted by Gasteiger charge is -2.11. The third-order valence-corrected chi connectivity index (χ3v) is 5.31. The molecule has 2 heterocycles. The average Bonchev–Trinajstić information content (AvgIpc) is 3.26. The SMILES string of the molecule is COCC(=O)NC/C=C/C1=Cc2ncnc(Nc3ccc(OCc4cccc(F)c4)c(Cl)c3)c2[NH2+]1. The molecule has 1 aliphatic rings. The summed E-state index contributed by atoms with van der Waals surface area (Å²) in [7, 11) is 1.48. The van der Waals surface area contributed by atoms with Crippen LogP contribution in [0.4, 0.5) is 21.6 Å². The molecule has 1 aromatic heterocycles. The molecule has 0 atom stereocenters. The van der Waals surface area contributed by atoms with Crippen LogP contribution in [0.15, 0.2) is 66.6 Å². The fourth-order valence-electron chi connectivity index (χ4n) is 3.40. The van der Waals surface area contributed by atoms with Crippen LogP contribution in [0.1, 0.15) is 11.3 Å². The van der Waals surface area contributed by atoms with E-state index in [9.17, 15) is 9.18 Å². The molecular formula is C25H24ClFN5O3+. The monoisotopic (exact) mass is 496 g/mol. The number of hydrogen-bond acceptors (Lipinski definition) is 6. The van der Waals surface area contributed by atoms with Crippen molar-refractivity contribution in [1.82, 2.24) is 15.3 Å². The van der Waals surface area contributed by atoms with Crippen LogP contribution in [0.3, 0.4) is 0 Å². The predicted molar refractivity (Wildman–Crippen MR) is 131 cm³/mol. The third kappa shape index (κ3) is 6.63. The lowest BCUT2D eigenvalue weighted by Crippen LogP contribution is -2.74. The van der Waals surface area contributed by atoms with E-state index in [-0.39, 0.29) is 24.9 Å². The van der Waals surface area contributed by atoms with Gasteiger partial charge in [-0.3, -0.25) is 10.1 Å². The molecule has 1 aliphatic heterocycles. The number of nitrogens with one attached hydrogen (secondary N) is 2. The number of rotatable bonds is 10. The Morgan fingerprint density at radius 3 is 2.91 bits per heavy atom. The Morgan fingerprint density at radius 1 is 1.23 bits per heavy atom. The maximum Gasteiger partial charge on any atom is 0.246 e. The van der Waals surface area contributed by atoms with Crippen LogP contribution in [0, 0.1) is 5.82 Å². The van der Waals surface area contributed by atoms with Gasteiger partial charge in [-0.2, -0.15) is 0 Å². The summed E-state index contributed by atoms with van der Waals surface area (Å²) in [4.78, 5) is 20.1. The topological polar surface area (TPSA) is 102 Å². The highest BCUT2D eigenvalue weighted by Gasteiger charge is 2.22. The second-order valence-electron chi connectivity index (χ2n) is 7.64. The normalized spacial score (nSPS) is 12.4. The van der Waals surface area contributed by atoms with Gasteiger partial charge in [0.25, 0.3) is 0 Å². The molecule has 4 N–H and O–H groups in total. The number of allylic oxidation sites excluding steroid dienone is 1. The van der Waals surface area contributed by atoms with Gasteiger partial charge in [-0.25, -0.2) is 14.4 Å². The zero-order chi connectivity index (χ0) is 24.6. The number of aromatic nitrogens is 2. The van der Waals surface area contributed by atoms with Gasteiger partial charge >= 0.3 is 0 Å². The number of carbonyl (C=O) groups excluding carboxylic acids is 1. The van der Waals surface area contributed by atoms with E-state index in [2.05, 4.69) is 20.6 Å². The number of nitrogens with zero attached hydrogens (tertiary/aromatic N) is 2. The van der Waals surface area contributed by atoms with Gasteiger partial charge in [-0.05, 0) is 42.0 Å². The largest absolute Gasteiger partial charge is 0.487 e. The van der Waals surface area contributed by atoms with E-state index in [0.717, 1.165) is 22.8 Å². The fourth-order valence-corrected chi connectivity index (χ4v) is 3.63. The zero-order valence-corrected chi connectivity index (χ0v) is 19.7. The van der Waals surface area contributed by atoms with E-state index in [4.69, 9.17) is 21.1 Å². The minimum atomic E-state index is -0.312. The summed E-state index contributed by atoms with van der Waals surface area (Å²) in [6.07, 6.45) is 7.18. The molecule has 10 heteroatoms. The molecule has 8 nitrogen and oxygen atoms in total. The first-order chi connectivity index (χ1) is 17.0. The number of nitrogens with two attached hydrogens (primary N) is 1. The second kappa shape index (κ2) is 11.6. The summed E-state index contributed by atoms with van der Waals surface area (Å²) in [5.41, 5.74) is 4.01. The van der Waals surface area contributed by atoms with E-state index in [1.807, 2.05) is 29.6 Å². The van der Waals surface area contributed by atoms with Crippen LogP contribution in [0.25, 0.3) is 6.08 Å². The summed E-state index contributed by atoms with van der Waals surface area (Å²) in [6, 6.07) is 11.5. The number of ether oxygens (including phenoxy) is 2. The lowest BCUT2D eigenvalue weighted by atomic mass is 10.2. The molecule has 35 heavy (non-hydrogen) atoms. The highest BCUT2D eigenvalue weighted by atomic mass is 35.5. The molecule has 1 amide bonds. The molecule has 0 saturated carbocycles. The smallest absolute Gasteiger partial charge is 0.246 e. The van der Waals surface area contributed by atoms with Gasteiger partial charge in [0.2, 0.25) is 11.6 Å². The zero-order valence-electron chi connectivity index (χ0n) is 18.9. The maximum absolute atomic E-state index is 13.4. The van der Waals surface area contributed by atoms with Crippen molar-refractivity contribution in [2.24, 2.45) is 0 Å². The number of amides is 1. The van der Waals surface area contributed by atoms with Crippen molar-refractivity contribution < 1.29 is 24.0 Å². The van der Waals surface area contributed by atoms with Crippen LogP contribution < -0.4 is 20.7 Å². The number of quaternary nitrogens is 1. The van der Waals surface area contributed by atoms with Crippen LogP contribution in [-0.4, -0.2) is 36.1 Å². The summed E-state index contributed by atoms with van der Waals surface area (Å²) in [6.45, 7) is 0.631. The summed E-state index contributed by atoms with van der Waals surface area (Å²) in [5, 5.41) is 8.38. The van der Waals surface area contributed by atoms with Gasteiger partial charge in [0.1, 0.15) is 42.5 Å². The van der Waals surface area contributed by atoms with E-state index in [0.29, 0.717) is 28.7 Å². The van der Waals surface area contributed by atoms with Crippen molar-refractivity contribution in [3.63, 3.8) is 0 Å². The van der Waals surface area contributed by atoms with E-state index in [1.54, 1.807) is 24.3 Å². The predicted octanol–water partition coefficient (Wildman–Crippen LogP) is 3.46. The molecule has 3 aromatic rings. The third-order valence-electron chi connectivity index (χ3n) is 5.01. The van der Waals surface area contributed by atoms with Gasteiger partial charge in [0.15, 0.2) is 5.82 Å². The Labute approximate surface area is 206 Å². The van der Waals surface area contributed by atoms with Crippen LogP contribution in [0.2, 0.25) is 5.02 Å². The molecule has 0 radical (unpaired) electrons. The highest BCUT2D eigenvalue weighted by Crippen LogP contribution is 2.31. The van der Waals surface area contributed by atoms with E-state index in [1.165, 1.54) is 25.6 Å². The maximum atomic E-state index is 13.4. The molecule has 180 valence electrons. The molecule has 0 unspecified atom stereocenters. The molecule has 0 bridgehead atoms. The van der Waals surface area contributed by atoms with Crippen molar-refractivity contribution in [1.29, 1.82) is 0 Å². The van der Waals surface area contributed by atoms with Gasteiger partial charge in [-0.1, -0.05) is 29.8 Å². The van der Waals surface area contributed by atoms with Gasteiger partial charge < -0.3 is 20.1 Å². The lowest BCUT2D eigenvalue weighted by molar-refractivity contribution is -0.506. The Kier molecular flexibility index (Phi) is 8.04. The molecule has 0 fully saturated rings. The molecule has 0 spiro atoms. The quantitative estimate of drug-likeness (QED) is 0.397. The number of halogens is 2. The number of fused-ring (bicyclic) bond motifs is 1. The van der Waals surface area contributed by atoms with E-state index >= 15 is 0 Å². The Balaban J connectivity index is 1.36.